The summed E-state index contributed by atoms with van der Waals surface area (Å²) in [6, 6.07) is 11.9. The van der Waals surface area contributed by atoms with Gasteiger partial charge in [0.15, 0.2) is 6.61 Å². The quantitative estimate of drug-likeness (QED) is 0.422. The number of ether oxygens (including phenoxy) is 1. The number of nitrogens with zero attached hydrogens (tertiary/aromatic N) is 1. The number of para-hydroxylation sites is 1. The van der Waals surface area contributed by atoms with Gasteiger partial charge < -0.3 is 10.1 Å². The molecule has 5 nitrogen and oxygen atoms in total. The number of rotatable bonds is 7. The maximum atomic E-state index is 14.4. The number of carbonyl (C=O) groups is 2. The van der Waals surface area contributed by atoms with E-state index in [1.807, 2.05) is 38.1 Å². The molecule has 1 N–H and O–H groups in total. The summed E-state index contributed by atoms with van der Waals surface area (Å²) in [6.45, 7) is 3.61. The number of benzene rings is 2. The molecular formula is C27H26ClFN2O3. The van der Waals surface area contributed by atoms with Gasteiger partial charge in [0.05, 0.1) is 21.8 Å². The summed E-state index contributed by atoms with van der Waals surface area (Å²) >= 11 is 6.22. The fourth-order valence-electron chi connectivity index (χ4n) is 4.36. The van der Waals surface area contributed by atoms with Gasteiger partial charge in [-0.15, -0.1) is 0 Å². The molecule has 1 aliphatic rings. The van der Waals surface area contributed by atoms with E-state index in [1.165, 1.54) is 6.07 Å². The smallest absolute Gasteiger partial charge is 0.339 e. The van der Waals surface area contributed by atoms with Crippen LogP contribution in [0.5, 0.6) is 0 Å². The lowest BCUT2D eigenvalue weighted by molar-refractivity contribution is -0.124. The van der Waals surface area contributed by atoms with E-state index in [4.69, 9.17) is 21.3 Å². The average molecular weight is 481 g/mol. The lowest BCUT2D eigenvalue weighted by Gasteiger charge is -2.14. The third-order valence-electron chi connectivity index (χ3n) is 5.93. The Morgan fingerprint density at radius 2 is 2.00 bits per heavy atom. The molecule has 0 spiro atoms. The predicted octanol–water partition coefficient (Wildman–Crippen LogP) is 5.98. The maximum Gasteiger partial charge on any atom is 0.339 e. The molecule has 1 atom stereocenters. The molecule has 0 bridgehead atoms. The summed E-state index contributed by atoms with van der Waals surface area (Å²) < 4.78 is 19.8. The van der Waals surface area contributed by atoms with Crippen LogP contribution in [-0.4, -0.2) is 29.5 Å². The fourth-order valence-corrected chi connectivity index (χ4v) is 4.58. The molecule has 0 aliphatic heterocycles. The van der Waals surface area contributed by atoms with Crippen LogP contribution in [0.1, 0.15) is 60.3 Å². The largest absolute Gasteiger partial charge is 0.452 e. The first kappa shape index (κ1) is 23.9. The monoisotopic (exact) mass is 480 g/mol. The molecule has 0 saturated carbocycles. The SMILES string of the molecule is CCCC(C)NC(=O)COC(=O)c1c2c(nc3ccccc13)C(=Cc1c(F)cccc1Cl)CC2. The molecule has 1 heterocycles. The predicted molar refractivity (Wildman–Crippen MR) is 132 cm³/mol. The summed E-state index contributed by atoms with van der Waals surface area (Å²) in [5.41, 5.74) is 3.49. The number of nitrogens with one attached hydrogen (secondary N) is 1. The molecule has 1 aromatic heterocycles. The van der Waals surface area contributed by atoms with Crippen molar-refractivity contribution in [1.29, 1.82) is 0 Å². The second-order valence-electron chi connectivity index (χ2n) is 8.47. The van der Waals surface area contributed by atoms with Gasteiger partial charge in [-0.05, 0) is 61.6 Å². The number of halogens is 2. The number of allylic oxidation sites excluding steroid dienone is 1. The summed E-state index contributed by atoms with van der Waals surface area (Å²) in [7, 11) is 0. The molecule has 7 heteroatoms. The van der Waals surface area contributed by atoms with Crippen LogP contribution < -0.4 is 5.32 Å². The van der Waals surface area contributed by atoms with Gasteiger partial charge in [0.2, 0.25) is 0 Å². The number of amides is 1. The Morgan fingerprint density at radius 3 is 2.76 bits per heavy atom. The van der Waals surface area contributed by atoms with E-state index in [0.29, 0.717) is 45.6 Å². The summed E-state index contributed by atoms with van der Waals surface area (Å²) in [4.78, 5) is 30.2. The van der Waals surface area contributed by atoms with Gasteiger partial charge in [-0.1, -0.05) is 49.2 Å². The first-order valence-corrected chi connectivity index (χ1v) is 11.8. The summed E-state index contributed by atoms with van der Waals surface area (Å²) in [5.74, 6) is -1.32. The van der Waals surface area contributed by atoms with Gasteiger partial charge in [-0.3, -0.25) is 4.79 Å². The Balaban J connectivity index is 1.68. The second-order valence-corrected chi connectivity index (χ2v) is 8.88. The van der Waals surface area contributed by atoms with E-state index >= 15 is 0 Å². The second kappa shape index (κ2) is 10.3. The highest BCUT2D eigenvalue weighted by atomic mass is 35.5. The molecule has 0 radical (unpaired) electrons. The number of fused-ring (bicyclic) bond motifs is 2. The van der Waals surface area contributed by atoms with Gasteiger partial charge in [0.25, 0.3) is 5.91 Å². The number of pyridine rings is 1. The zero-order valence-electron chi connectivity index (χ0n) is 19.2. The lowest BCUT2D eigenvalue weighted by Crippen LogP contribution is -2.35. The molecule has 1 aliphatic carbocycles. The van der Waals surface area contributed by atoms with E-state index in [0.717, 1.165) is 24.0 Å². The standard InChI is InChI=1S/C27H26ClFN2O3/c1-3-7-16(2)30-24(32)15-34-27(33)25-18-8-4-5-11-23(18)31-26-17(12-13-19(25)26)14-20-21(28)9-6-10-22(20)29/h4-6,8-11,14,16H,3,7,12-13,15H2,1-2H3,(H,30,32). The third kappa shape index (κ3) is 4.97. The van der Waals surface area contributed by atoms with Crippen molar-refractivity contribution in [1.82, 2.24) is 10.3 Å². The number of aromatic nitrogens is 1. The van der Waals surface area contributed by atoms with E-state index in [1.54, 1.807) is 18.2 Å². The number of esters is 1. The zero-order valence-corrected chi connectivity index (χ0v) is 19.9. The normalized spacial score (nSPS) is 14.8. The van der Waals surface area contributed by atoms with Crippen molar-refractivity contribution in [3.8, 4) is 0 Å². The Bertz CT molecular complexity index is 1270. The van der Waals surface area contributed by atoms with Crippen LogP contribution >= 0.6 is 11.6 Å². The van der Waals surface area contributed by atoms with E-state index in [-0.39, 0.29) is 18.6 Å². The number of carbonyl (C=O) groups excluding carboxylic acids is 2. The van der Waals surface area contributed by atoms with Crippen molar-refractivity contribution in [2.75, 3.05) is 6.61 Å². The van der Waals surface area contributed by atoms with Gasteiger partial charge in [0.1, 0.15) is 5.82 Å². The van der Waals surface area contributed by atoms with Crippen LogP contribution in [0.25, 0.3) is 22.6 Å². The van der Waals surface area contributed by atoms with Crippen LogP contribution in [0, 0.1) is 5.82 Å². The zero-order chi connectivity index (χ0) is 24.2. The highest BCUT2D eigenvalue weighted by molar-refractivity contribution is 6.32. The van der Waals surface area contributed by atoms with Crippen LogP contribution in [0.15, 0.2) is 42.5 Å². The van der Waals surface area contributed by atoms with Crippen molar-refractivity contribution in [3.63, 3.8) is 0 Å². The van der Waals surface area contributed by atoms with Gasteiger partial charge in [0, 0.05) is 17.0 Å². The first-order chi connectivity index (χ1) is 16.4. The minimum atomic E-state index is -0.571. The third-order valence-corrected chi connectivity index (χ3v) is 6.26. The number of hydrogen-bond donors (Lipinski definition) is 1. The van der Waals surface area contributed by atoms with Crippen LogP contribution in [0.4, 0.5) is 4.39 Å². The van der Waals surface area contributed by atoms with E-state index < -0.39 is 11.8 Å². The van der Waals surface area contributed by atoms with Crippen LogP contribution in [0.2, 0.25) is 5.02 Å². The van der Waals surface area contributed by atoms with Crippen molar-refractivity contribution in [2.24, 2.45) is 0 Å². The van der Waals surface area contributed by atoms with Crippen molar-refractivity contribution in [3.05, 3.63) is 75.7 Å². The number of hydrogen-bond acceptors (Lipinski definition) is 4. The molecule has 1 unspecified atom stereocenters. The average Bonchev–Trinajstić information content (AvgIpc) is 3.20. The van der Waals surface area contributed by atoms with E-state index in [2.05, 4.69) is 5.32 Å². The Morgan fingerprint density at radius 1 is 1.21 bits per heavy atom. The molecule has 0 fully saturated rings. The fraction of sp³-hybridized carbons (Fsp3) is 0.296. The molecule has 2 aromatic carbocycles. The molecular weight excluding hydrogens is 455 g/mol. The summed E-state index contributed by atoms with van der Waals surface area (Å²) in [6.07, 6.45) is 4.63. The Hall–Kier alpha value is -3.25. The van der Waals surface area contributed by atoms with Gasteiger partial charge in [-0.2, -0.15) is 0 Å². The van der Waals surface area contributed by atoms with Crippen molar-refractivity contribution >= 4 is 46.0 Å². The molecule has 176 valence electrons. The molecule has 3 aromatic rings. The minimum Gasteiger partial charge on any atom is -0.452 e. The minimum absolute atomic E-state index is 0.0140. The van der Waals surface area contributed by atoms with Gasteiger partial charge in [-0.25, -0.2) is 14.2 Å². The topological polar surface area (TPSA) is 68.3 Å². The highest BCUT2D eigenvalue weighted by Crippen LogP contribution is 2.38. The highest BCUT2D eigenvalue weighted by Gasteiger charge is 2.28. The molecule has 0 saturated heterocycles. The maximum absolute atomic E-state index is 14.4. The van der Waals surface area contributed by atoms with E-state index in [9.17, 15) is 14.0 Å². The van der Waals surface area contributed by atoms with Crippen molar-refractivity contribution in [2.45, 2.75) is 45.6 Å². The van der Waals surface area contributed by atoms with Crippen molar-refractivity contribution < 1.29 is 18.7 Å². The first-order valence-electron chi connectivity index (χ1n) is 11.4. The van der Waals surface area contributed by atoms with Crippen LogP contribution in [0.3, 0.4) is 0 Å². The molecule has 1 amide bonds. The Labute approximate surface area is 203 Å². The lowest BCUT2D eigenvalue weighted by atomic mass is 10.0. The Kier molecular flexibility index (Phi) is 7.27. The summed E-state index contributed by atoms with van der Waals surface area (Å²) in [5, 5.41) is 3.81. The molecule has 34 heavy (non-hydrogen) atoms. The van der Waals surface area contributed by atoms with Crippen LogP contribution in [-0.2, 0) is 16.0 Å². The van der Waals surface area contributed by atoms with Gasteiger partial charge >= 0.3 is 5.97 Å². The molecule has 4 rings (SSSR count).